The lowest BCUT2D eigenvalue weighted by Gasteiger charge is -2.07. The quantitative estimate of drug-likeness (QED) is 0.937. The lowest BCUT2D eigenvalue weighted by molar-refractivity contribution is -0.159. The second-order valence-electron chi connectivity index (χ2n) is 4.85. The van der Waals surface area contributed by atoms with E-state index in [1.807, 2.05) is 0 Å². The minimum Gasteiger partial charge on any atom is -0.352 e. The van der Waals surface area contributed by atoms with Gasteiger partial charge in [0.15, 0.2) is 0 Å². The lowest BCUT2D eigenvalue weighted by atomic mass is 10.2. The average Bonchev–Trinajstić information content (AvgIpc) is 2.95. The van der Waals surface area contributed by atoms with Crippen LogP contribution in [0.4, 0.5) is 13.2 Å². The minimum atomic E-state index is -4.69. The largest absolute Gasteiger partial charge is 0.471 e. The number of hydrogen-bond donors (Lipinski definition) is 1. The average molecular weight is 314 g/mol. The molecule has 22 heavy (non-hydrogen) atoms. The Kier molecular flexibility index (Phi) is 4.43. The van der Waals surface area contributed by atoms with Gasteiger partial charge in [-0.25, -0.2) is 0 Å². The second kappa shape index (κ2) is 6.12. The summed E-state index contributed by atoms with van der Waals surface area (Å²) in [5.74, 6) is -1.90. The van der Waals surface area contributed by atoms with Crippen molar-refractivity contribution >= 4 is 5.91 Å². The number of halogens is 3. The molecular weight excluding hydrogens is 301 g/mol. The monoisotopic (exact) mass is 314 g/mol. The summed E-state index contributed by atoms with van der Waals surface area (Å²) in [6.45, 7) is 3.82. The first-order valence-electron chi connectivity index (χ1n) is 6.41. The molecule has 0 saturated carbocycles. The van der Waals surface area contributed by atoms with E-state index in [1.54, 1.807) is 19.9 Å². The Balaban J connectivity index is 2.06. The van der Waals surface area contributed by atoms with Crippen LogP contribution >= 0.6 is 0 Å². The van der Waals surface area contributed by atoms with Crippen LogP contribution in [0, 0.1) is 5.92 Å². The van der Waals surface area contributed by atoms with E-state index >= 15 is 0 Å². The maximum atomic E-state index is 12.4. The van der Waals surface area contributed by atoms with Gasteiger partial charge in [-0.2, -0.15) is 18.2 Å². The Labute approximate surface area is 123 Å². The smallest absolute Gasteiger partial charge is 0.352 e. The van der Waals surface area contributed by atoms with Crippen molar-refractivity contribution in [3.63, 3.8) is 0 Å². The molecule has 0 aliphatic rings. The molecule has 1 amide bonds. The summed E-state index contributed by atoms with van der Waals surface area (Å²) in [6, 6.07) is 3.08. The van der Waals surface area contributed by atoms with E-state index in [4.69, 9.17) is 0 Å². The molecule has 1 N–H and O–H groups in total. The van der Waals surface area contributed by atoms with Gasteiger partial charge >= 0.3 is 12.1 Å². The first-order valence-corrected chi connectivity index (χ1v) is 6.41. The molecule has 0 spiro atoms. The van der Waals surface area contributed by atoms with Crippen molar-refractivity contribution in [3.8, 4) is 11.5 Å². The molecule has 6 nitrogen and oxygen atoms in total. The fourth-order valence-corrected chi connectivity index (χ4v) is 1.50. The van der Waals surface area contributed by atoms with Crippen LogP contribution in [0.15, 0.2) is 22.9 Å². The molecule has 0 bridgehead atoms. The van der Waals surface area contributed by atoms with Crippen LogP contribution in [0.25, 0.3) is 11.5 Å². The maximum absolute atomic E-state index is 12.4. The highest BCUT2D eigenvalue weighted by molar-refractivity contribution is 5.77. The van der Waals surface area contributed by atoms with Crippen LogP contribution in [0.3, 0.4) is 0 Å². The first kappa shape index (κ1) is 15.9. The highest BCUT2D eigenvalue weighted by atomic mass is 19.4. The Morgan fingerprint density at radius 1 is 1.36 bits per heavy atom. The van der Waals surface area contributed by atoms with Crippen LogP contribution in [0.1, 0.15) is 25.3 Å². The standard InChI is InChI=1S/C13H13F3N4O2/c1-7(2)11(21)18-6-8-3-4-9(17-5-8)10-19-12(22-20-10)13(14,15)16/h3-5,7H,6H2,1-2H3,(H,18,21). The highest BCUT2D eigenvalue weighted by Gasteiger charge is 2.38. The van der Waals surface area contributed by atoms with Crippen LogP contribution in [-0.4, -0.2) is 21.0 Å². The van der Waals surface area contributed by atoms with Gasteiger partial charge in [0.1, 0.15) is 5.69 Å². The maximum Gasteiger partial charge on any atom is 0.471 e. The Bertz CT molecular complexity index is 650. The molecule has 0 fully saturated rings. The van der Waals surface area contributed by atoms with Crippen LogP contribution in [0.2, 0.25) is 0 Å². The SMILES string of the molecule is CC(C)C(=O)NCc1ccc(-c2noc(C(F)(F)F)n2)nc1. The molecule has 118 valence electrons. The van der Waals surface area contributed by atoms with Crippen molar-refractivity contribution in [1.29, 1.82) is 0 Å². The van der Waals surface area contributed by atoms with Gasteiger partial charge in [-0.1, -0.05) is 25.1 Å². The van der Waals surface area contributed by atoms with Crippen molar-refractivity contribution in [3.05, 3.63) is 29.8 Å². The number of alkyl halides is 3. The van der Waals surface area contributed by atoms with Crippen molar-refractivity contribution < 1.29 is 22.5 Å². The molecule has 0 aromatic carbocycles. The lowest BCUT2D eigenvalue weighted by Crippen LogP contribution is -2.27. The number of pyridine rings is 1. The van der Waals surface area contributed by atoms with E-state index in [-0.39, 0.29) is 29.9 Å². The second-order valence-corrected chi connectivity index (χ2v) is 4.85. The molecule has 0 aliphatic heterocycles. The zero-order valence-corrected chi connectivity index (χ0v) is 11.8. The number of nitrogens with zero attached hydrogens (tertiary/aromatic N) is 3. The van der Waals surface area contributed by atoms with Gasteiger partial charge < -0.3 is 9.84 Å². The molecule has 9 heteroatoms. The van der Waals surface area contributed by atoms with Gasteiger partial charge in [-0.15, -0.1) is 0 Å². The van der Waals surface area contributed by atoms with Gasteiger partial charge in [-0.3, -0.25) is 9.78 Å². The Morgan fingerprint density at radius 3 is 2.59 bits per heavy atom. The number of rotatable bonds is 4. The first-order chi connectivity index (χ1) is 10.3. The molecule has 2 heterocycles. The fraction of sp³-hybridized carbons (Fsp3) is 0.385. The van der Waals surface area contributed by atoms with Crippen molar-refractivity contribution in [1.82, 2.24) is 20.4 Å². The van der Waals surface area contributed by atoms with Crippen LogP contribution in [-0.2, 0) is 17.5 Å². The number of carbonyl (C=O) groups excluding carboxylic acids is 1. The van der Waals surface area contributed by atoms with Crippen molar-refractivity contribution in [2.75, 3.05) is 0 Å². The van der Waals surface area contributed by atoms with E-state index in [9.17, 15) is 18.0 Å². The molecule has 0 aliphatic carbocycles. The minimum absolute atomic E-state index is 0.0999. The molecule has 0 unspecified atom stereocenters. The predicted octanol–water partition coefficient (Wildman–Crippen LogP) is 2.42. The van der Waals surface area contributed by atoms with Gasteiger partial charge in [0.25, 0.3) is 0 Å². The topological polar surface area (TPSA) is 80.9 Å². The van der Waals surface area contributed by atoms with E-state index in [1.165, 1.54) is 12.3 Å². The molecule has 0 atom stereocenters. The van der Waals surface area contributed by atoms with E-state index in [0.29, 0.717) is 5.56 Å². The third-order valence-electron chi connectivity index (χ3n) is 2.71. The molecule has 0 saturated heterocycles. The summed E-state index contributed by atoms with van der Waals surface area (Å²) in [4.78, 5) is 18.6. The number of hydrogen-bond acceptors (Lipinski definition) is 5. The summed E-state index contributed by atoms with van der Waals surface area (Å²) in [5.41, 5.74) is 0.857. The van der Waals surface area contributed by atoms with Gasteiger partial charge in [0.2, 0.25) is 11.7 Å². The summed E-state index contributed by atoms with van der Waals surface area (Å²) >= 11 is 0. The van der Waals surface area contributed by atoms with Gasteiger partial charge in [0, 0.05) is 18.7 Å². The molecular formula is C13H13F3N4O2. The summed E-state index contributed by atoms with van der Waals surface area (Å²) in [7, 11) is 0. The predicted molar refractivity (Wildman–Crippen MR) is 69.2 cm³/mol. The number of carbonyl (C=O) groups is 1. The molecule has 0 radical (unpaired) electrons. The van der Waals surface area contributed by atoms with Gasteiger partial charge in [-0.05, 0) is 11.6 Å². The normalized spacial score (nSPS) is 11.7. The number of amides is 1. The van der Waals surface area contributed by atoms with Crippen molar-refractivity contribution in [2.24, 2.45) is 5.92 Å². The zero-order chi connectivity index (χ0) is 16.3. The highest BCUT2D eigenvalue weighted by Crippen LogP contribution is 2.28. The van der Waals surface area contributed by atoms with Crippen LogP contribution < -0.4 is 5.32 Å². The fourth-order valence-electron chi connectivity index (χ4n) is 1.50. The van der Waals surface area contributed by atoms with Crippen molar-refractivity contribution in [2.45, 2.75) is 26.6 Å². The number of nitrogens with one attached hydrogen (secondary N) is 1. The van der Waals surface area contributed by atoms with E-state index in [2.05, 4.69) is 25.0 Å². The van der Waals surface area contributed by atoms with E-state index < -0.39 is 12.1 Å². The summed E-state index contributed by atoms with van der Waals surface area (Å²) in [6.07, 6.45) is -3.26. The Morgan fingerprint density at radius 2 is 2.09 bits per heavy atom. The molecule has 2 aromatic heterocycles. The zero-order valence-electron chi connectivity index (χ0n) is 11.8. The molecule has 2 aromatic rings. The molecule has 2 rings (SSSR count). The third kappa shape index (κ3) is 3.80. The number of aromatic nitrogens is 3. The van der Waals surface area contributed by atoms with E-state index in [0.717, 1.165) is 0 Å². The summed E-state index contributed by atoms with van der Waals surface area (Å²) in [5, 5.41) is 5.95. The summed E-state index contributed by atoms with van der Waals surface area (Å²) < 4.78 is 41.2. The Hall–Kier alpha value is -2.45. The van der Waals surface area contributed by atoms with Crippen LogP contribution in [0.5, 0.6) is 0 Å². The third-order valence-corrected chi connectivity index (χ3v) is 2.71. The van der Waals surface area contributed by atoms with Gasteiger partial charge in [0.05, 0.1) is 0 Å².